The molecule has 0 saturated heterocycles. The van der Waals surface area contributed by atoms with E-state index in [0.29, 0.717) is 23.1 Å². The SMILES string of the molecule is C=CCN(CC=C)C(C(N)=S)c1ccccc1Cl. The summed E-state index contributed by atoms with van der Waals surface area (Å²) in [5.74, 6) is 0. The van der Waals surface area contributed by atoms with E-state index in [1.807, 2.05) is 36.4 Å². The Morgan fingerprint density at radius 3 is 2.33 bits per heavy atom. The molecule has 0 fully saturated rings. The predicted molar refractivity (Wildman–Crippen MR) is 82.9 cm³/mol. The third-order valence-corrected chi connectivity index (χ3v) is 3.13. The molecule has 0 radical (unpaired) electrons. The summed E-state index contributed by atoms with van der Waals surface area (Å²) in [6, 6.07) is 7.37. The molecule has 0 spiro atoms. The van der Waals surface area contributed by atoms with Crippen LogP contribution < -0.4 is 5.73 Å². The van der Waals surface area contributed by atoms with Crippen molar-refractivity contribution in [1.29, 1.82) is 0 Å². The Kier molecular flexibility index (Phi) is 6.05. The van der Waals surface area contributed by atoms with E-state index in [9.17, 15) is 0 Å². The molecule has 0 aromatic heterocycles. The van der Waals surface area contributed by atoms with Gasteiger partial charge in [0.2, 0.25) is 0 Å². The third kappa shape index (κ3) is 3.67. The smallest absolute Gasteiger partial charge is 0.0948 e. The molecular weight excluding hydrogens is 264 g/mol. The molecule has 18 heavy (non-hydrogen) atoms. The highest BCUT2D eigenvalue weighted by Crippen LogP contribution is 2.27. The van der Waals surface area contributed by atoms with Crippen LogP contribution in [0.3, 0.4) is 0 Å². The molecule has 96 valence electrons. The highest BCUT2D eigenvalue weighted by molar-refractivity contribution is 7.80. The lowest BCUT2D eigenvalue weighted by Crippen LogP contribution is -2.37. The molecule has 1 aromatic carbocycles. The van der Waals surface area contributed by atoms with Crippen molar-refractivity contribution in [1.82, 2.24) is 4.90 Å². The molecule has 0 bridgehead atoms. The van der Waals surface area contributed by atoms with Gasteiger partial charge in [-0.25, -0.2) is 0 Å². The fourth-order valence-electron chi connectivity index (χ4n) is 1.84. The topological polar surface area (TPSA) is 29.3 Å². The lowest BCUT2D eigenvalue weighted by atomic mass is 10.0. The Balaban J connectivity index is 3.15. The van der Waals surface area contributed by atoms with Gasteiger partial charge in [-0.3, -0.25) is 4.90 Å². The van der Waals surface area contributed by atoms with Gasteiger partial charge >= 0.3 is 0 Å². The van der Waals surface area contributed by atoms with E-state index in [0.717, 1.165) is 5.56 Å². The second kappa shape index (κ2) is 7.31. The maximum absolute atomic E-state index is 6.21. The Morgan fingerprint density at radius 2 is 1.89 bits per heavy atom. The third-order valence-electron chi connectivity index (χ3n) is 2.56. The van der Waals surface area contributed by atoms with Crippen LogP contribution in [0.5, 0.6) is 0 Å². The molecule has 0 saturated carbocycles. The first kappa shape index (κ1) is 14.9. The van der Waals surface area contributed by atoms with Crippen molar-refractivity contribution < 1.29 is 0 Å². The van der Waals surface area contributed by atoms with Crippen LogP contribution in [-0.4, -0.2) is 23.0 Å². The molecule has 2 N–H and O–H groups in total. The van der Waals surface area contributed by atoms with Crippen molar-refractivity contribution in [3.05, 3.63) is 60.2 Å². The molecule has 2 nitrogen and oxygen atoms in total. The van der Waals surface area contributed by atoms with Crippen molar-refractivity contribution in [2.24, 2.45) is 5.73 Å². The number of hydrogen-bond donors (Lipinski definition) is 1. The molecule has 0 heterocycles. The van der Waals surface area contributed by atoms with E-state index in [2.05, 4.69) is 18.1 Å². The molecule has 1 unspecified atom stereocenters. The van der Waals surface area contributed by atoms with Crippen molar-refractivity contribution in [3.63, 3.8) is 0 Å². The van der Waals surface area contributed by atoms with Gasteiger partial charge in [0.05, 0.1) is 11.0 Å². The number of rotatable bonds is 7. The lowest BCUT2D eigenvalue weighted by Gasteiger charge is -2.30. The zero-order valence-corrected chi connectivity index (χ0v) is 11.8. The second-order valence-electron chi connectivity index (χ2n) is 3.86. The summed E-state index contributed by atoms with van der Waals surface area (Å²) in [5, 5.41) is 0.661. The van der Waals surface area contributed by atoms with Crippen LogP contribution in [0.15, 0.2) is 49.6 Å². The van der Waals surface area contributed by atoms with Crippen LogP contribution in [0.25, 0.3) is 0 Å². The monoisotopic (exact) mass is 280 g/mol. The lowest BCUT2D eigenvalue weighted by molar-refractivity contribution is 0.301. The fourth-order valence-corrected chi connectivity index (χ4v) is 2.36. The second-order valence-corrected chi connectivity index (χ2v) is 4.74. The summed E-state index contributed by atoms with van der Waals surface area (Å²) in [7, 11) is 0. The Morgan fingerprint density at radius 1 is 1.33 bits per heavy atom. The average molecular weight is 281 g/mol. The summed E-state index contributed by atoms with van der Waals surface area (Å²) in [5.41, 5.74) is 6.77. The van der Waals surface area contributed by atoms with E-state index in [1.165, 1.54) is 0 Å². The van der Waals surface area contributed by atoms with Crippen molar-refractivity contribution >= 4 is 28.8 Å². The van der Waals surface area contributed by atoms with Crippen LogP contribution in [0.4, 0.5) is 0 Å². The van der Waals surface area contributed by atoms with E-state index >= 15 is 0 Å². The van der Waals surface area contributed by atoms with Gasteiger partial charge in [-0.05, 0) is 11.6 Å². The van der Waals surface area contributed by atoms with Crippen molar-refractivity contribution in [3.8, 4) is 0 Å². The zero-order valence-electron chi connectivity index (χ0n) is 10.2. The number of halogens is 1. The maximum Gasteiger partial charge on any atom is 0.0948 e. The Hall–Kier alpha value is -1.16. The molecule has 1 rings (SSSR count). The largest absolute Gasteiger partial charge is 0.392 e. The van der Waals surface area contributed by atoms with Gasteiger partial charge in [0.25, 0.3) is 0 Å². The number of nitrogens with zero attached hydrogens (tertiary/aromatic N) is 1. The quantitative estimate of drug-likeness (QED) is 0.614. The molecule has 1 aromatic rings. The summed E-state index contributed by atoms with van der Waals surface area (Å²) in [4.78, 5) is 2.47. The van der Waals surface area contributed by atoms with Gasteiger partial charge in [-0.2, -0.15) is 0 Å². The number of nitrogens with two attached hydrogens (primary N) is 1. The molecular formula is C14H17ClN2S. The highest BCUT2D eigenvalue weighted by Gasteiger charge is 2.23. The normalized spacial score (nSPS) is 12.1. The first-order valence-corrected chi connectivity index (χ1v) is 6.40. The highest BCUT2D eigenvalue weighted by atomic mass is 35.5. The summed E-state index contributed by atoms with van der Waals surface area (Å²) in [6.07, 6.45) is 3.62. The predicted octanol–water partition coefficient (Wildman–Crippen LogP) is 3.34. The van der Waals surface area contributed by atoms with E-state index in [1.54, 1.807) is 0 Å². The minimum Gasteiger partial charge on any atom is -0.392 e. The van der Waals surface area contributed by atoms with Crippen LogP contribution in [0.2, 0.25) is 5.02 Å². The summed E-state index contributed by atoms with van der Waals surface area (Å²) in [6.45, 7) is 8.83. The van der Waals surface area contributed by atoms with E-state index in [-0.39, 0.29) is 6.04 Å². The summed E-state index contributed by atoms with van der Waals surface area (Å²) >= 11 is 11.4. The van der Waals surface area contributed by atoms with Gasteiger partial charge < -0.3 is 5.73 Å². The van der Waals surface area contributed by atoms with Crippen molar-refractivity contribution in [2.45, 2.75) is 6.04 Å². The molecule has 0 aliphatic rings. The van der Waals surface area contributed by atoms with Crippen LogP contribution in [0, 0.1) is 0 Å². The average Bonchev–Trinajstić information content (AvgIpc) is 2.32. The Labute approximate surface area is 119 Å². The number of hydrogen-bond acceptors (Lipinski definition) is 2. The van der Waals surface area contributed by atoms with Gasteiger partial charge in [-0.1, -0.05) is 54.2 Å². The Bertz CT molecular complexity index is 435. The first-order valence-electron chi connectivity index (χ1n) is 5.61. The van der Waals surface area contributed by atoms with Crippen LogP contribution in [0.1, 0.15) is 11.6 Å². The van der Waals surface area contributed by atoms with Gasteiger partial charge in [0.1, 0.15) is 0 Å². The minimum absolute atomic E-state index is 0.204. The molecule has 1 atom stereocenters. The van der Waals surface area contributed by atoms with E-state index in [4.69, 9.17) is 29.6 Å². The van der Waals surface area contributed by atoms with Crippen LogP contribution in [-0.2, 0) is 0 Å². The molecule has 0 amide bonds. The maximum atomic E-state index is 6.21. The molecule has 0 aliphatic carbocycles. The number of thiocarbonyl (C=S) groups is 1. The molecule has 4 heteroatoms. The number of benzene rings is 1. The zero-order chi connectivity index (χ0) is 13.5. The summed E-state index contributed by atoms with van der Waals surface area (Å²) < 4.78 is 0. The standard InChI is InChI=1S/C14H17ClN2S/c1-3-9-17(10-4-2)13(14(16)18)11-7-5-6-8-12(11)15/h3-8,13H,1-2,9-10H2,(H2,16,18). The van der Waals surface area contributed by atoms with Gasteiger partial charge in [0, 0.05) is 18.1 Å². The van der Waals surface area contributed by atoms with Crippen molar-refractivity contribution in [2.75, 3.05) is 13.1 Å². The van der Waals surface area contributed by atoms with Gasteiger partial charge in [0.15, 0.2) is 0 Å². The van der Waals surface area contributed by atoms with Gasteiger partial charge in [-0.15, -0.1) is 13.2 Å². The fraction of sp³-hybridized carbons (Fsp3) is 0.214. The van der Waals surface area contributed by atoms with Crippen LogP contribution >= 0.6 is 23.8 Å². The first-order chi connectivity index (χ1) is 8.61. The minimum atomic E-state index is -0.204. The van der Waals surface area contributed by atoms with E-state index < -0.39 is 0 Å². The molecule has 0 aliphatic heterocycles.